The van der Waals surface area contributed by atoms with E-state index in [2.05, 4.69) is 25.5 Å². The van der Waals surface area contributed by atoms with Crippen molar-refractivity contribution in [1.29, 1.82) is 0 Å². The van der Waals surface area contributed by atoms with Crippen LogP contribution in [0.2, 0.25) is 0 Å². The van der Waals surface area contributed by atoms with Crippen molar-refractivity contribution in [2.75, 3.05) is 11.1 Å². The SMILES string of the molecule is Cc1nn(-c2ccnc(Nc3cnn(C)c3)n2)cc1N. The zero-order valence-electron chi connectivity index (χ0n) is 11.1. The number of nitrogens with one attached hydrogen (secondary N) is 1. The molecule has 0 radical (unpaired) electrons. The van der Waals surface area contributed by atoms with Gasteiger partial charge in [0.2, 0.25) is 5.95 Å². The standard InChI is InChI=1S/C12H14N8/c1-8-10(13)7-20(18-8)11-3-4-14-12(17-11)16-9-5-15-19(2)6-9/h3-7H,13H2,1-2H3,(H,14,16,17). The van der Waals surface area contributed by atoms with Crippen LogP contribution in [0.4, 0.5) is 17.3 Å². The molecule has 8 nitrogen and oxygen atoms in total. The van der Waals surface area contributed by atoms with Gasteiger partial charge in [-0.05, 0) is 6.92 Å². The fourth-order valence-corrected chi connectivity index (χ4v) is 1.74. The van der Waals surface area contributed by atoms with Crippen molar-refractivity contribution in [2.45, 2.75) is 6.92 Å². The minimum absolute atomic E-state index is 0.474. The molecule has 0 saturated carbocycles. The molecule has 0 aliphatic rings. The molecule has 0 bridgehead atoms. The first-order chi connectivity index (χ1) is 9.61. The number of rotatable bonds is 3. The third-order valence-corrected chi connectivity index (χ3v) is 2.77. The van der Waals surface area contributed by atoms with Crippen LogP contribution < -0.4 is 11.1 Å². The molecule has 102 valence electrons. The van der Waals surface area contributed by atoms with E-state index in [4.69, 9.17) is 5.73 Å². The predicted octanol–water partition coefficient (Wildman–Crippen LogP) is 1.03. The molecule has 3 N–H and O–H groups in total. The summed E-state index contributed by atoms with van der Waals surface area (Å²) in [6, 6.07) is 1.76. The van der Waals surface area contributed by atoms with Crippen molar-refractivity contribution in [2.24, 2.45) is 7.05 Å². The normalized spacial score (nSPS) is 10.7. The molecule has 0 spiro atoms. The molecule has 3 heterocycles. The summed E-state index contributed by atoms with van der Waals surface area (Å²) in [5.74, 6) is 1.12. The summed E-state index contributed by atoms with van der Waals surface area (Å²) in [5, 5.41) is 11.4. The Hall–Kier alpha value is -2.90. The highest BCUT2D eigenvalue weighted by Crippen LogP contribution is 2.14. The van der Waals surface area contributed by atoms with Gasteiger partial charge < -0.3 is 11.1 Å². The summed E-state index contributed by atoms with van der Waals surface area (Å²) in [4.78, 5) is 8.55. The zero-order chi connectivity index (χ0) is 14.1. The Balaban J connectivity index is 1.89. The van der Waals surface area contributed by atoms with Crippen molar-refractivity contribution in [3.8, 4) is 5.82 Å². The van der Waals surface area contributed by atoms with Gasteiger partial charge in [0, 0.05) is 25.5 Å². The monoisotopic (exact) mass is 270 g/mol. The molecule has 0 amide bonds. The second-order valence-corrected chi connectivity index (χ2v) is 4.38. The minimum Gasteiger partial charge on any atom is -0.396 e. The Morgan fingerprint density at radius 1 is 1.30 bits per heavy atom. The molecule has 0 atom stereocenters. The first-order valence-corrected chi connectivity index (χ1v) is 6.02. The Morgan fingerprint density at radius 2 is 2.15 bits per heavy atom. The molecular weight excluding hydrogens is 256 g/mol. The van der Waals surface area contributed by atoms with Crippen LogP contribution in [-0.2, 0) is 7.05 Å². The van der Waals surface area contributed by atoms with Crippen molar-refractivity contribution >= 4 is 17.3 Å². The summed E-state index contributed by atoms with van der Waals surface area (Å²) >= 11 is 0. The predicted molar refractivity (Wildman–Crippen MR) is 74.8 cm³/mol. The molecule has 0 aliphatic heterocycles. The van der Waals surface area contributed by atoms with Crippen LogP contribution in [0, 0.1) is 6.92 Å². The Labute approximate surface area is 115 Å². The molecule has 0 saturated heterocycles. The Kier molecular flexibility index (Phi) is 2.82. The van der Waals surface area contributed by atoms with Crippen molar-refractivity contribution in [3.63, 3.8) is 0 Å². The summed E-state index contributed by atoms with van der Waals surface area (Å²) < 4.78 is 3.32. The van der Waals surface area contributed by atoms with Crippen LogP contribution in [-0.4, -0.2) is 29.5 Å². The molecule has 20 heavy (non-hydrogen) atoms. The fourth-order valence-electron chi connectivity index (χ4n) is 1.74. The first-order valence-electron chi connectivity index (χ1n) is 6.02. The fraction of sp³-hybridized carbons (Fsp3) is 0.167. The number of anilines is 3. The highest BCUT2D eigenvalue weighted by Gasteiger charge is 2.06. The number of nitrogen functional groups attached to an aromatic ring is 1. The highest BCUT2D eigenvalue weighted by molar-refractivity contribution is 5.51. The molecule has 0 aromatic carbocycles. The third-order valence-electron chi connectivity index (χ3n) is 2.77. The summed E-state index contributed by atoms with van der Waals surface area (Å²) in [6.45, 7) is 1.85. The number of aryl methyl sites for hydroxylation is 2. The summed E-state index contributed by atoms with van der Waals surface area (Å²) in [7, 11) is 1.84. The molecular formula is C12H14N8. The van der Waals surface area contributed by atoms with Gasteiger partial charge in [0.1, 0.15) is 0 Å². The lowest BCUT2D eigenvalue weighted by molar-refractivity contribution is 0.768. The van der Waals surface area contributed by atoms with Gasteiger partial charge in [-0.2, -0.15) is 15.2 Å². The number of nitrogens with zero attached hydrogens (tertiary/aromatic N) is 6. The van der Waals surface area contributed by atoms with Crippen LogP contribution >= 0.6 is 0 Å². The van der Waals surface area contributed by atoms with E-state index in [0.29, 0.717) is 17.5 Å². The van der Waals surface area contributed by atoms with Gasteiger partial charge in [-0.3, -0.25) is 4.68 Å². The number of nitrogens with two attached hydrogens (primary N) is 1. The smallest absolute Gasteiger partial charge is 0.229 e. The maximum atomic E-state index is 5.79. The van der Waals surface area contributed by atoms with Crippen LogP contribution in [0.1, 0.15) is 5.69 Å². The van der Waals surface area contributed by atoms with Crippen LogP contribution in [0.5, 0.6) is 0 Å². The zero-order valence-corrected chi connectivity index (χ0v) is 11.1. The lowest BCUT2D eigenvalue weighted by Gasteiger charge is -2.04. The molecule has 0 fully saturated rings. The lowest BCUT2D eigenvalue weighted by atomic mass is 10.4. The van der Waals surface area contributed by atoms with E-state index >= 15 is 0 Å². The van der Waals surface area contributed by atoms with E-state index in [9.17, 15) is 0 Å². The maximum absolute atomic E-state index is 5.79. The third kappa shape index (κ3) is 2.30. The lowest BCUT2D eigenvalue weighted by Crippen LogP contribution is -2.03. The average molecular weight is 270 g/mol. The molecule has 0 unspecified atom stereocenters. The average Bonchev–Trinajstić information content (AvgIpc) is 2.97. The van der Waals surface area contributed by atoms with Gasteiger partial charge >= 0.3 is 0 Å². The number of aromatic nitrogens is 6. The van der Waals surface area contributed by atoms with E-state index < -0.39 is 0 Å². The Morgan fingerprint density at radius 3 is 2.80 bits per heavy atom. The largest absolute Gasteiger partial charge is 0.396 e. The van der Waals surface area contributed by atoms with E-state index in [-0.39, 0.29) is 0 Å². The van der Waals surface area contributed by atoms with E-state index in [1.165, 1.54) is 0 Å². The van der Waals surface area contributed by atoms with Crippen molar-refractivity contribution in [1.82, 2.24) is 29.5 Å². The van der Waals surface area contributed by atoms with Gasteiger partial charge in [-0.15, -0.1) is 0 Å². The van der Waals surface area contributed by atoms with E-state index in [1.807, 2.05) is 20.2 Å². The molecule has 3 aromatic rings. The second kappa shape index (κ2) is 4.65. The van der Waals surface area contributed by atoms with Gasteiger partial charge in [-0.25, -0.2) is 9.67 Å². The first kappa shape index (κ1) is 12.2. The number of hydrogen-bond acceptors (Lipinski definition) is 6. The van der Waals surface area contributed by atoms with Gasteiger partial charge in [0.25, 0.3) is 0 Å². The van der Waals surface area contributed by atoms with Crippen molar-refractivity contribution < 1.29 is 0 Å². The minimum atomic E-state index is 0.474. The Bertz CT molecular complexity index is 722. The van der Waals surface area contributed by atoms with Crippen LogP contribution in [0.3, 0.4) is 0 Å². The molecule has 3 aromatic heterocycles. The van der Waals surface area contributed by atoms with Gasteiger partial charge in [0.15, 0.2) is 5.82 Å². The second-order valence-electron chi connectivity index (χ2n) is 4.38. The van der Waals surface area contributed by atoms with Crippen LogP contribution in [0.25, 0.3) is 5.82 Å². The van der Waals surface area contributed by atoms with E-state index in [1.54, 1.807) is 34.0 Å². The summed E-state index contributed by atoms with van der Waals surface area (Å²) in [5.41, 5.74) is 8.01. The molecule has 8 heteroatoms. The van der Waals surface area contributed by atoms with Gasteiger partial charge in [0.05, 0.1) is 29.5 Å². The van der Waals surface area contributed by atoms with Gasteiger partial charge in [-0.1, -0.05) is 0 Å². The number of hydrogen-bond donors (Lipinski definition) is 2. The molecule has 3 rings (SSSR count). The van der Waals surface area contributed by atoms with E-state index in [0.717, 1.165) is 11.4 Å². The van der Waals surface area contributed by atoms with Crippen molar-refractivity contribution in [3.05, 3.63) is 36.5 Å². The summed E-state index contributed by atoms with van der Waals surface area (Å²) in [6.07, 6.45) is 6.93. The highest BCUT2D eigenvalue weighted by atomic mass is 15.3. The topological polar surface area (TPSA) is 99.5 Å². The van der Waals surface area contributed by atoms with Crippen LogP contribution in [0.15, 0.2) is 30.9 Å². The quantitative estimate of drug-likeness (QED) is 0.737. The maximum Gasteiger partial charge on any atom is 0.229 e. The molecule has 0 aliphatic carbocycles.